The molecule has 2 saturated heterocycles. The minimum absolute atomic E-state index is 0.0998. The van der Waals surface area contributed by atoms with Crippen molar-refractivity contribution in [1.82, 2.24) is 9.80 Å². The van der Waals surface area contributed by atoms with Gasteiger partial charge < -0.3 is 14.9 Å². The molecule has 10 heteroatoms. The van der Waals surface area contributed by atoms with E-state index in [9.17, 15) is 32.7 Å². The largest absolute Gasteiger partial charge is 0.394 e. The number of benzene rings is 1. The smallest absolute Gasteiger partial charge is 0.392 e. The fourth-order valence-corrected chi connectivity index (χ4v) is 9.34. The average molecular weight is 560 g/mol. The maximum Gasteiger partial charge on any atom is 0.394 e. The number of carbonyl (C=O) groups is 3. The summed E-state index contributed by atoms with van der Waals surface area (Å²) in [6.07, 6.45) is -0.904. The summed E-state index contributed by atoms with van der Waals surface area (Å²) in [5.74, 6) is -5.64. The summed E-state index contributed by atoms with van der Waals surface area (Å²) in [7, 11) is 0. The molecule has 0 aromatic heterocycles. The number of anilines is 1. The number of nitrogens with zero attached hydrogens (tertiary/aromatic N) is 3. The van der Waals surface area contributed by atoms with Crippen LogP contribution in [0.5, 0.6) is 0 Å². The van der Waals surface area contributed by atoms with Gasteiger partial charge in [-0.15, -0.1) is 0 Å². The van der Waals surface area contributed by atoms with E-state index >= 15 is 0 Å². The van der Waals surface area contributed by atoms with Crippen LogP contribution in [0.1, 0.15) is 44.1 Å². The summed E-state index contributed by atoms with van der Waals surface area (Å²) in [6.45, 7) is 2.90. The van der Waals surface area contributed by atoms with Crippen molar-refractivity contribution < 1.29 is 32.7 Å². The van der Waals surface area contributed by atoms with E-state index in [0.29, 0.717) is 12.3 Å². The quantitative estimate of drug-likeness (QED) is 0.561. The van der Waals surface area contributed by atoms with Crippen molar-refractivity contribution in [3.05, 3.63) is 29.8 Å². The fraction of sp³-hybridized carbons (Fsp3) is 0.700. The number of aliphatic hydroxyl groups excluding tert-OH is 1. The van der Waals surface area contributed by atoms with Crippen molar-refractivity contribution >= 4 is 23.4 Å². The molecule has 1 aromatic rings. The lowest BCUT2D eigenvalue weighted by molar-refractivity contribution is -0.219. The minimum atomic E-state index is -4.57. The third kappa shape index (κ3) is 4.03. The van der Waals surface area contributed by atoms with Crippen molar-refractivity contribution in [2.75, 3.05) is 31.1 Å². The van der Waals surface area contributed by atoms with Crippen molar-refractivity contribution in [1.29, 1.82) is 0 Å². The van der Waals surface area contributed by atoms with Gasteiger partial charge >= 0.3 is 6.18 Å². The predicted octanol–water partition coefficient (Wildman–Crippen LogP) is 3.25. The first-order valence-electron chi connectivity index (χ1n) is 14.9. The molecule has 6 aliphatic rings. The van der Waals surface area contributed by atoms with Crippen LogP contribution in [0, 0.1) is 41.4 Å². The Balaban J connectivity index is 0.972. The zero-order valence-corrected chi connectivity index (χ0v) is 22.4. The normalized spacial score (nSPS) is 38.1. The second-order valence-corrected chi connectivity index (χ2v) is 13.0. The molecule has 0 radical (unpaired) electrons. The molecule has 1 aromatic carbocycles. The van der Waals surface area contributed by atoms with Crippen molar-refractivity contribution in [2.45, 2.75) is 63.3 Å². The maximum absolute atomic E-state index is 13.7. The van der Waals surface area contributed by atoms with Gasteiger partial charge in [0.1, 0.15) is 0 Å². The van der Waals surface area contributed by atoms with Crippen LogP contribution in [-0.2, 0) is 20.8 Å². The number of alkyl halides is 3. The average Bonchev–Trinajstić information content (AvgIpc) is 3.70. The second-order valence-electron chi connectivity index (χ2n) is 13.0. The molecule has 3 aliphatic heterocycles. The number of piperidine rings is 1. The highest BCUT2D eigenvalue weighted by Crippen LogP contribution is 2.62. The van der Waals surface area contributed by atoms with Gasteiger partial charge in [-0.25, -0.2) is 0 Å². The van der Waals surface area contributed by atoms with E-state index in [0.717, 1.165) is 63.0 Å². The Morgan fingerprint density at radius 1 is 0.875 bits per heavy atom. The third-order valence-corrected chi connectivity index (χ3v) is 11.1. The van der Waals surface area contributed by atoms with Crippen LogP contribution in [0.3, 0.4) is 0 Å². The molecule has 0 spiro atoms. The SMILES string of the molecule is O=C1C2C3CC(C2C(=O)N1C[C@H]1CCC[C@@H]1CN1CCC(N2C(=O)Cc4ccccc42)CC1)C(C(F)(F)F)C3O. The van der Waals surface area contributed by atoms with E-state index in [2.05, 4.69) is 4.90 Å². The molecular weight excluding hydrogens is 523 g/mol. The number of amides is 3. The van der Waals surface area contributed by atoms with Gasteiger partial charge in [-0.3, -0.25) is 19.3 Å². The molecule has 7 rings (SSSR count). The van der Waals surface area contributed by atoms with Crippen LogP contribution >= 0.6 is 0 Å². The Kier molecular flexibility index (Phi) is 6.31. The summed E-state index contributed by atoms with van der Waals surface area (Å²) in [4.78, 5) is 45.1. The lowest BCUT2D eigenvalue weighted by Gasteiger charge is -2.38. The first-order valence-corrected chi connectivity index (χ1v) is 14.9. The zero-order valence-electron chi connectivity index (χ0n) is 22.4. The third-order valence-electron chi connectivity index (χ3n) is 11.1. The van der Waals surface area contributed by atoms with Gasteiger partial charge in [-0.1, -0.05) is 24.6 Å². The summed E-state index contributed by atoms with van der Waals surface area (Å²) in [5, 5.41) is 10.4. The van der Waals surface area contributed by atoms with Gasteiger partial charge in [0.2, 0.25) is 17.7 Å². The molecule has 6 unspecified atom stereocenters. The van der Waals surface area contributed by atoms with Crippen LogP contribution in [-0.4, -0.2) is 77.1 Å². The Labute approximate surface area is 231 Å². The molecule has 7 nitrogen and oxygen atoms in total. The summed E-state index contributed by atoms with van der Waals surface area (Å²) in [6, 6.07) is 8.19. The summed E-state index contributed by atoms with van der Waals surface area (Å²) < 4.78 is 41.0. The molecule has 2 bridgehead atoms. The molecule has 3 aliphatic carbocycles. The first-order chi connectivity index (χ1) is 19.1. The molecular formula is C30H36F3N3O4. The summed E-state index contributed by atoms with van der Waals surface area (Å²) >= 11 is 0. The standard InChI is InChI=1S/C30H36F3N3O4/c31-30(32,33)26-20-13-21(27(26)38)25-24(20)28(39)35(29(25)40)15-18-6-3-5-17(18)14-34-10-8-19(9-11-34)36-22-7-2-1-4-16(22)12-23(36)37/h1-2,4,7,17-21,24-27,38H,3,5-6,8-15H2/t17-,18-,20?,21?,24?,25?,26?,27?/m1/s1. The molecule has 3 saturated carbocycles. The molecule has 1 N–H and O–H groups in total. The van der Waals surface area contributed by atoms with E-state index in [-0.39, 0.29) is 36.7 Å². The number of likely N-dealkylation sites (tertiary alicyclic amines) is 2. The van der Waals surface area contributed by atoms with Crippen LogP contribution in [0.2, 0.25) is 0 Å². The van der Waals surface area contributed by atoms with Gasteiger partial charge in [0, 0.05) is 37.9 Å². The lowest BCUT2D eigenvalue weighted by Crippen LogP contribution is -2.48. The molecule has 3 heterocycles. The van der Waals surface area contributed by atoms with E-state index in [4.69, 9.17) is 0 Å². The minimum Gasteiger partial charge on any atom is -0.392 e. The van der Waals surface area contributed by atoms with Gasteiger partial charge in [0.15, 0.2) is 0 Å². The highest BCUT2D eigenvalue weighted by molar-refractivity contribution is 6.06. The lowest BCUT2D eigenvalue weighted by atomic mass is 9.73. The Hall–Kier alpha value is -2.46. The fourth-order valence-electron chi connectivity index (χ4n) is 9.34. The highest BCUT2D eigenvalue weighted by Gasteiger charge is 2.71. The van der Waals surface area contributed by atoms with Crippen LogP contribution in [0.15, 0.2) is 24.3 Å². The Morgan fingerprint density at radius 2 is 1.52 bits per heavy atom. The van der Waals surface area contributed by atoms with E-state index < -0.39 is 47.8 Å². The van der Waals surface area contributed by atoms with Crippen LogP contribution < -0.4 is 4.90 Å². The number of carbonyl (C=O) groups excluding carboxylic acids is 3. The number of hydrogen-bond acceptors (Lipinski definition) is 5. The number of para-hydroxylation sites is 1. The molecule has 216 valence electrons. The molecule has 8 atom stereocenters. The number of fused-ring (bicyclic) bond motifs is 6. The molecule has 40 heavy (non-hydrogen) atoms. The zero-order chi connectivity index (χ0) is 27.9. The highest BCUT2D eigenvalue weighted by atomic mass is 19.4. The van der Waals surface area contributed by atoms with Gasteiger partial charge in [0.05, 0.1) is 30.3 Å². The van der Waals surface area contributed by atoms with Crippen molar-refractivity contribution in [2.24, 2.45) is 41.4 Å². The number of halogens is 3. The Bertz CT molecular complexity index is 1210. The van der Waals surface area contributed by atoms with Crippen molar-refractivity contribution in [3.63, 3.8) is 0 Å². The molecule has 3 amide bonds. The van der Waals surface area contributed by atoms with E-state index in [1.807, 2.05) is 29.2 Å². The van der Waals surface area contributed by atoms with E-state index in [1.54, 1.807) is 0 Å². The summed E-state index contributed by atoms with van der Waals surface area (Å²) in [5.41, 5.74) is 2.13. The Morgan fingerprint density at radius 3 is 2.23 bits per heavy atom. The monoisotopic (exact) mass is 559 g/mol. The van der Waals surface area contributed by atoms with Gasteiger partial charge in [-0.05, 0) is 67.4 Å². The molecule has 5 fully saturated rings. The maximum atomic E-state index is 13.7. The van der Waals surface area contributed by atoms with E-state index in [1.165, 1.54) is 4.90 Å². The van der Waals surface area contributed by atoms with Crippen LogP contribution in [0.4, 0.5) is 18.9 Å². The number of rotatable bonds is 5. The van der Waals surface area contributed by atoms with Gasteiger partial charge in [0.25, 0.3) is 0 Å². The number of imide groups is 1. The number of hydrogen-bond donors (Lipinski definition) is 1. The van der Waals surface area contributed by atoms with Crippen molar-refractivity contribution in [3.8, 4) is 0 Å². The van der Waals surface area contributed by atoms with Crippen LogP contribution in [0.25, 0.3) is 0 Å². The topological polar surface area (TPSA) is 81.2 Å². The predicted molar refractivity (Wildman–Crippen MR) is 139 cm³/mol. The van der Waals surface area contributed by atoms with Gasteiger partial charge in [-0.2, -0.15) is 13.2 Å². The first kappa shape index (κ1) is 26.4. The second kappa shape index (κ2) is 9.54. The number of aliphatic hydroxyl groups is 1.